The summed E-state index contributed by atoms with van der Waals surface area (Å²) in [7, 11) is 0. The summed E-state index contributed by atoms with van der Waals surface area (Å²) < 4.78 is 13.6. The van der Waals surface area contributed by atoms with Gasteiger partial charge in [0.05, 0.1) is 5.02 Å². The Morgan fingerprint density at radius 1 is 1.15 bits per heavy atom. The Morgan fingerprint density at radius 3 is 2.56 bits per heavy atom. The molecule has 0 amide bonds. The van der Waals surface area contributed by atoms with E-state index in [-0.39, 0.29) is 5.02 Å². The largest absolute Gasteiger partial charge is 0.236 e. The molecular weight excluding hydrogens is 359 g/mol. The maximum Gasteiger partial charge on any atom is 0.159 e. The van der Waals surface area contributed by atoms with E-state index in [1.54, 1.807) is 6.07 Å². The summed E-state index contributed by atoms with van der Waals surface area (Å²) in [5, 5.41) is 0.117. The second-order valence-corrected chi connectivity index (χ2v) is 7.99. The molecule has 1 heterocycles. The number of hydrogen-bond acceptors (Lipinski definition) is 2. The molecule has 0 spiro atoms. The quantitative estimate of drug-likeness (QED) is 0.477. The molecule has 3 rings (SSSR count). The highest BCUT2D eigenvalue weighted by Gasteiger charge is 2.19. The van der Waals surface area contributed by atoms with Crippen molar-refractivity contribution >= 4 is 11.6 Å². The summed E-state index contributed by atoms with van der Waals surface area (Å²) in [4.78, 5) is 8.81. The number of aromatic nitrogens is 2. The minimum atomic E-state index is -0.443. The number of benzene rings is 1. The first-order valence-corrected chi connectivity index (χ1v) is 10.5. The second-order valence-electron chi connectivity index (χ2n) is 7.58. The summed E-state index contributed by atoms with van der Waals surface area (Å²) >= 11 is 5.73. The van der Waals surface area contributed by atoms with Gasteiger partial charge in [-0.25, -0.2) is 14.4 Å². The van der Waals surface area contributed by atoms with E-state index in [0.717, 1.165) is 23.8 Å². The number of rotatable bonds is 7. The molecule has 1 aliphatic carbocycles. The third-order valence-corrected chi connectivity index (χ3v) is 5.79. The summed E-state index contributed by atoms with van der Waals surface area (Å²) in [6.07, 6.45) is 18.5. The fourth-order valence-corrected chi connectivity index (χ4v) is 3.88. The molecule has 0 bridgehead atoms. The monoisotopic (exact) mass is 386 g/mol. The molecule has 1 fully saturated rings. The van der Waals surface area contributed by atoms with Gasteiger partial charge in [-0.2, -0.15) is 0 Å². The molecule has 1 aromatic heterocycles. The van der Waals surface area contributed by atoms with E-state index in [0.29, 0.717) is 11.4 Å². The van der Waals surface area contributed by atoms with Gasteiger partial charge >= 0.3 is 0 Å². The molecule has 0 unspecified atom stereocenters. The SMILES string of the molecule is CCC/C=C/C1CCC(CCc2cnc(-c3ccc(Cl)c(F)c3)nc2)CC1. The van der Waals surface area contributed by atoms with Crippen LogP contribution in [-0.4, -0.2) is 9.97 Å². The molecular formula is C23H28ClFN2. The zero-order valence-electron chi connectivity index (χ0n) is 16.0. The van der Waals surface area contributed by atoms with Crippen LogP contribution >= 0.6 is 11.6 Å². The lowest BCUT2D eigenvalue weighted by Gasteiger charge is -2.26. The Bertz CT molecular complexity index is 749. The Morgan fingerprint density at radius 2 is 1.89 bits per heavy atom. The van der Waals surface area contributed by atoms with E-state index in [1.807, 2.05) is 12.4 Å². The van der Waals surface area contributed by atoms with Gasteiger partial charge in [0.2, 0.25) is 0 Å². The zero-order chi connectivity index (χ0) is 19.1. The predicted molar refractivity (Wildman–Crippen MR) is 110 cm³/mol. The third-order valence-electron chi connectivity index (χ3n) is 5.48. The van der Waals surface area contributed by atoms with E-state index in [4.69, 9.17) is 11.6 Å². The molecule has 2 nitrogen and oxygen atoms in total. The van der Waals surface area contributed by atoms with Crippen molar-refractivity contribution in [2.75, 3.05) is 0 Å². The lowest BCUT2D eigenvalue weighted by Crippen LogP contribution is -2.13. The fraction of sp³-hybridized carbons (Fsp3) is 0.478. The van der Waals surface area contributed by atoms with Crippen LogP contribution in [0.1, 0.15) is 57.4 Å². The fourth-order valence-electron chi connectivity index (χ4n) is 3.76. The lowest BCUT2D eigenvalue weighted by molar-refractivity contribution is 0.296. The highest BCUT2D eigenvalue weighted by atomic mass is 35.5. The van der Waals surface area contributed by atoms with E-state index in [9.17, 15) is 4.39 Å². The van der Waals surface area contributed by atoms with Crippen molar-refractivity contribution in [2.45, 2.75) is 58.3 Å². The highest BCUT2D eigenvalue weighted by molar-refractivity contribution is 6.30. The third kappa shape index (κ3) is 5.87. The summed E-state index contributed by atoms with van der Waals surface area (Å²) in [5.74, 6) is 1.69. The minimum absolute atomic E-state index is 0.117. The second kappa shape index (κ2) is 9.98. The zero-order valence-corrected chi connectivity index (χ0v) is 16.8. The van der Waals surface area contributed by atoms with Gasteiger partial charge in [-0.15, -0.1) is 0 Å². The van der Waals surface area contributed by atoms with Crippen LogP contribution in [-0.2, 0) is 6.42 Å². The first kappa shape index (κ1) is 20.0. The molecule has 0 N–H and O–H groups in total. The topological polar surface area (TPSA) is 25.8 Å². The van der Waals surface area contributed by atoms with Gasteiger partial charge in [-0.1, -0.05) is 37.1 Å². The first-order valence-electron chi connectivity index (χ1n) is 10.1. The maximum absolute atomic E-state index is 13.6. The van der Waals surface area contributed by atoms with Crippen LogP contribution in [0.15, 0.2) is 42.7 Å². The van der Waals surface area contributed by atoms with Crippen molar-refractivity contribution in [3.8, 4) is 11.4 Å². The van der Waals surface area contributed by atoms with Gasteiger partial charge in [0.15, 0.2) is 5.82 Å². The van der Waals surface area contributed by atoms with E-state index >= 15 is 0 Å². The van der Waals surface area contributed by atoms with Crippen molar-refractivity contribution < 1.29 is 4.39 Å². The number of halogens is 2. The van der Waals surface area contributed by atoms with E-state index < -0.39 is 5.82 Å². The van der Waals surface area contributed by atoms with Crippen molar-refractivity contribution in [1.29, 1.82) is 0 Å². The Kier molecular flexibility index (Phi) is 7.40. The van der Waals surface area contributed by atoms with Crippen molar-refractivity contribution in [3.63, 3.8) is 0 Å². The van der Waals surface area contributed by atoms with Crippen LogP contribution < -0.4 is 0 Å². The molecule has 0 radical (unpaired) electrons. The number of nitrogens with zero attached hydrogens (tertiary/aromatic N) is 2. The van der Waals surface area contributed by atoms with Gasteiger partial charge in [-0.3, -0.25) is 0 Å². The molecule has 0 atom stereocenters. The Hall–Kier alpha value is -1.74. The molecule has 144 valence electrons. The molecule has 1 aromatic carbocycles. The van der Waals surface area contributed by atoms with Crippen LogP contribution in [0, 0.1) is 17.7 Å². The average molecular weight is 387 g/mol. The summed E-state index contributed by atoms with van der Waals surface area (Å²) in [6, 6.07) is 4.66. The lowest BCUT2D eigenvalue weighted by atomic mass is 9.79. The average Bonchev–Trinajstić information content (AvgIpc) is 2.70. The standard InChI is InChI=1S/C23H28ClFN2/c1-2-3-4-5-17-6-8-18(9-7-17)10-11-19-15-26-23(27-16-19)20-12-13-21(24)22(25)14-20/h4-5,12-18H,2-3,6-11H2,1H3/b5-4+. The van der Waals surface area contributed by atoms with Gasteiger partial charge in [0.1, 0.15) is 5.82 Å². The number of hydrogen-bond donors (Lipinski definition) is 0. The van der Waals surface area contributed by atoms with Crippen LogP contribution in [0.5, 0.6) is 0 Å². The highest BCUT2D eigenvalue weighted by Crippen LogP contribution is 2.32. The first-order chi connectivity index (χ1) is 13.2. The Balaban J connectivity index is 1.47. The summed E-state index contributed by atoms with van der Waals surface area (Å²) in [6.45, 7) is 2.23. The number of unbranched alkanes of at least 4 members (excludes halogenated alkanes) is 1. The maximum atomic E-state index is 13.6. The molecule has 4 heteroatoms. The molecule has 1 aliphatic rings. The van der Waals surface area contributed by atoms with Crippen molar-refractivity contribution in [1.82, 2.24) is 9.97 Å². The Labute approximate surface area is 166 Å². The molecule has 0 aliphatic heterocycles. The van der Waals surface area contributed by atoms with Crippen LogP contribution in [0.25, 0.3) is 11.4 Å². The van der Waals surface area contributed by atoms with E-state index in [1.165, 1.54) is 57.1 Å². The molecule has 1 saturated carbocycles. The normalized spacial score (nSPS) is 20.3. The minimum Gasteiger partial charge on any atom is -0.236 e. The van der Waals surface area contributed by atoms with E-state index in [2.05, 4.69) is 29.0 Å². The number of allylic oxidation sites excluding steroid dienone is 2. The van der Waals surface area contributed by atoms with Gasteiger partial charge in [0, 0.05) is 18.0 Å². The van der Waals surface area contributed by atoms with Crippen molar-refractivity contribution in [3.05, 3.63) is 59.1 Å². The van der Waals surface area contributed by atoms with Crippen LogP contribution in [0.4, 0.5) is 4.39 Å². The number of aryl methyl sites for hydroxylation is 1. The smallest absolute Gasteiger partial charge is 0.159 e. The molecule has 27 heavy (non-hydrogen) atoms. The van der Waals surface area contributed by atoms with Gasteiger partial charge in [-0.05, 0) is 80.5 Å². The molecule has 0 saturated heterocycles. The van der Waals surface area contributed by atoms with Gasteiger partial charge in [0.25, 0.3) is 0 Å². The van der Waals surface area contributed by atoms with Crippen LogP contribution in [0.3, 0.4) is 0 Å². The predicted octanol–water partition coefficient (Wildman–Crippen LogP) is 7.03. The van der Waals surface area contributed by atoms with Gasteiger partial charge < -0.3 is 0 Å². The summed E-state index contributed by atoms with van der Waals surface area (Å²) in [5.41, 5.74) is 1.80. The van der Waals surface area contributed by atoms with Crippen molar-refractivity contribution in [2.24, 2.45) is 11.8 Å². The molecule has 2 aromatic rings. The van der Waals surface area contributed by atoms with Crippen LogP contribution in [0.2, 0.25) is 5.02 Å².